The van der Waals surface area contributed by atoms with Crippen molar-refractivity contribution in [1.29, 1.82) is 0 Å². The van der Waals surface area contributed by atoms with E-state index in [1.165, 1.54) is 25.7 Å². The zero-order chi connectivity index (χ0) is 13.1. The molecule has 0 fully saturated rings. The summed E-state index contributed by atoms with van der Waals surface area (Å²) in [5.41, 5.74) is 1.33. The monoisotopic (exact) mass is 328 g/mol. The van der Waals surface area contributed by atoms with Gasteiger partial charge in [0.15, 0.2) is 0 Å². The molecule has 0 bridgehead atoms. The van der Waals surface area contributed by atoms with Crippen LogP contribution in [0.15, 0.2) is 76.1 Å². The molecule has 0 nitrogen and oxygen atoms in total. The van der Waals surface area contributed by atoms with Gasteiger partial charge in [-0.25, -0.2) is 0 Å². The van der Waals surface area contributed by atoms with E-state index in [0.29, 0.717) is 0 Å². The summed E-state index contributed by atoms with van der Waals surface area (Å²) in [5.74, 6) is 0.986. The Kier molecular flexibility index (Phi) is 3.90. The molecule has 0 aliphatic carbocycles. The predicted molar refractivity (Wildman–Crippen MR) is 87.7 cm³/mol. The van der Waals surface area contributed by atoms with Crippen LogP contribution in [-0.4, -0.2) is 0 Å². The van der Waals surface area contributed by atoms with Gasteiger partial charge in [-0.15, -0.1) is 11.8 Å². The quantitative estimate of drug-likeness (QED) is 0.540. The Morgan fingerprint density at radius 2 is 1.53 bits per heavy atom. The van der Waals surface area contributed by atoms with Crippen LogP contribution in [0.2, 0.25) is 0 Å². The van der Waals surface area contributed by atoms with E-state index < -0.39 is 0 Å². The average molecular weight is 329 g/mol. The summed E-state index contributed by atoms with van der Waals surface area (Å²) in [6.45, 7) is 0. The van der Waals surface area contributed by atoms with Gasteiger partial charge in [-0.1, -0.05) is 64.5 Å². The number of halogens is 1. The van der Waals surface area contributed by atoms with Gasteiger partial charge < -0.3 is 0 Å². The highest BCUT2D eigenvalue weighted by Gasteiger charge is 2.01. The lowest BCUT2D eigenvalue weighted by atomic mass is 10.1. The zero-order valence-electron chi connectivity index (χ0n) is 10.3. The van der Waals surface area contributed by atoms with E-state index >= 15 is 0 Å². The first-order valence-corrected chi connectivity index (χ1v) is 7.96. The normalized spacial score (nSPS) is 10.8. The maximum absolute atomic E-state index is 3.60. The van der Waals surface area contributed by atoms with E-state index in [1.807, 2.05) is 17.8 Å². The molecule has 19 heavy (non-hydrogen) atoms. The van der Waals surface area contributed by atoms with Crippen LogP contribution >= 0.6 is 27.7 Å². The summed E-state index contributed by atoms with van der Waals surface area (Å²) in [7, 11) is 0. The van der Waals surface area contributed by atoms with Gasteiger partial charge in [-0.2, -0.15) is 0 Å². The number of thioether (sulfide) groups is 1. The minimum Gasteiger partial charge on any atom is -0.121 e. The summed E-state index contributed by atoms with van der Waals surface area (Å²) in [4.78, 5) is 1.31. The summed E-state index contributed by atoms with van der Waals surface area (Å²) in [6.07, 6.45) is 0. The Morgan fingerprint density at radius 1 is 0.789 bits per heavy atom. The first kappa shape index (κ1) is 12.8. The van der Waals surface area contributed by atoms with Gasteiger partial charge in [0, 0.05) is 15.1 Å². The number of hydrogen-bond acceptors (Lipinski definition) is 1. The van der Waals surface area contributed by atoms with Crippen LogP contribution in [-0.2, 0) is 5.75 Å². The first-order valence-electron chi connectivity index (χ1n) is 6.18. The number of fused-ring (bicyclic) bond motifs is 1. The Hall–Kier alpha value is -1.25. The van der Waals surface area contributed by atoms with Crippen molar-refractivity contribution in [2.45, 2.75) is 10.6 Å². The second-order valence-electron chi connectivity index (χ2n) is 4.39. The van der Waals surface area contributed by atoms with Crippen LogP contribution in [0, 0.1) is 0 Å². The summed E-state index contributed by atoms with van der Waals surface area (Å²) >= 11 is 5.47. The second-order valence-corrected chi connectivity index (χ2v) is 6.29. The molecule has 0 unspecified atom stereocenters. The highest BCUT2D eigenvalue weighted by atomic mass is 79.9. The van der Waals surface area contributed by atoms with Crippen LogP contribution in [0.25, 0.3) is 10.8 Å². The van der Waals surface area contributed by atoms with Crippen molar-refractivity contribution >= 4 is 38.5 Å². The maximum atomic E-state index is 3.60. The third kappa shape index (κ3) is 3.02. The number of rotatable bonds is 3. The van der Waals surface area contributed by atoms with Crippen LogP contribution in [0.3, 0.4) is 0 Å². The molecular formula is C17H13BrS. The molecule has 0 aliphatic heterocycles. The topological polar surface area (TPSA) is 0 Å². The molecule has 94 valence electrons. The molecule has 0 saturated carbocycles. The van der Waals surface area contributed by atoms with E-state index in [9.17, 15) is 0 Å². The molecule has 0 aromatic heterocycles. The van der Waals surface area contributed by atoms with E-state index in [4.69, 9.17) is 0 Å². The maximum Gasteiger partial charge on any atom is 0.0243 e. The Balaban J connectivity index is 1.80. The number of benzene rings is 3. The van der Waals surface area contributed by atoms with Crippen LogP contribution < -0.4 is 0 Å². The third-order valence-corrected chi connectivity index (χ3v) is 4.89. The third-order valence-electron chi connectivity index (χ3n) is 3.07. The lowest BCUT2D eigenvalue weighted by molar-refractivity contribution is 1.36. The second kappa shape index (κ2) is 5.81. The van der Waals surface area contributed by atoms with Gasteiger partial charge in [0.05, 0.1) is 0 Å². The van der Waals surface area contributed by atoms with Crippen LogP contribution in [0.5, 0.6) is 0 Å². The summed E-state index contributed by atoms with van der Waals surface area (Å²) in [6, 6.07) is 23.5. The van der Waals surface area contributed by atoms with Crippen LogP contribution in [0.4, 0.5) is 0 Å². The van der Waals surface area contributed by atoms with Crippen molar-refractivity contribution in [3.8, 4) is 0 Å². The molecule has 0 spiro atoms. The molecule has 0 saturated heterocycles. The molecule has 0 heterocycles. The molecule has 3 aromatic carbocycles. The fourth-order valence-corrected chi connectivity index (χ4v) is 3.59. The Morgan fingerprint density at radius 3 is 2.37 bits per heavy atom. The molecule has 0 aliphatic rings. The molecule has 2 heteroatoms. The largest absolute Gasteiger partial charge is 0.121 e. The van der Waals surface area contributed by atoms with Gasteiger partial charge in [-0.3, -0.25) is 0 Å². The van der Waals surface area contributed by atoms with Gasteiger partial charge in [-0.05, 0) is 34.5 Å². The zero-order valence-corrected chi connectivity index (χ0v) is 12.7. The van der Waals surface area contributed by atoms with Gasteiger partial charge >= 0.3 is 0 Å². The van der Waals surface area contributed by atoms with Gasteiger partial charge in [0.2, 0.25) is 0 Å². The van der Waals surface area contributed by atoms with Crippen molar-refractivity contribution in [3.05, 3.63) is 76.8 Å². The van der Waals surface area contributed by atoms with Crippen molar-refractivity contribution in [2.75, 3.05) is 0 Å². The fourth-order valence-electron chi connectivity index (χ4n) is 2.03. The van der Waals surface area contributed by atoms with Crippen molar-refractivity contribution in [3.63, 3.8) is 0 Å². The fraction of sp³-hybridized carbons (Fsp3) is 0.0588. The Bertz CT molecular complexity index is 706. The van der Waals surface area contributed by atoms with Crippen molar-refractivity contribution < 1.29 is 0 Å². The first-order chi connectivity index (χ1) is 9.33. The lowest BCUT2D eigenvalue weighted by Crippen LogP contribution is -1.82. The van der Waals surface area contributed by atoms with E-state index in [1.54, 1.807) is 0 Å². The highest BCUT2D eigenvalue weighted by molar-refractivity contribution is 9.10. The smallest absolute Gasteiger partial charge is 0.0243 e. The highest BCUT2D eigenvalue weighted by Crippen LogP contribution is 2.28. The summed E-state index contributed by atoms with van der Waals surface area (Å²) < 4.78 is 1.18. The molecule has 0 N–H and O–H groups in total. The van der Waals surface area contributed by atoms with E-state index in [0.717, 1.165) is 5.75 Å². The lowest BCUT2D eigenvalue weighted by Gasteiger charge is -2.05. The summed E-state index contributed by atoms with van der Waals surface area (Å²) in [5, 5.41) is 2.60. The SMILES string of the molecule is Brc1ccccc1CSc1ccc2ccccc2c1. The standard InChI is InChI=1S/C17H13BrS/c18-17-8-4-3-7-15(17)12-19-16-10-9-13-5-1-2-6-14(13)11-16/h1-11H,12H2. The van der Waals surface area contributed by atoms with Gasteiger partial charge in [0.25, 0.3) is 0 Å². The molecule has 0 atom stereocenters. The minimum atomic E-state index is 0.986. The van der Waals surface area contributed by atoms with Crippen LogP contribution in [0.1, 0.15) is 5.56 Å². The molecule has 0 radical (unpaired) electrons. The van der Waals surface area contributed by atoms with Crippen molar-refractivity contribution in [1.82, 2.24) is 0 Å². The molecule has 0 amide bonds. The van der Waals surface area contributed by atoms with E-state index in [2.05, 4.69) is 76.6 Å². The predicted octanol–water partition coefficient (Wildman–Crippen LogP) is 5.89. The van der Waals surface area contributed by atoms with E-state index in [-0.39, 0.29) is 0 Å². The van der Waals surface area contributed by atoms with Gasteiger partial charge in [0.1, 0.15) is 0 Å². The number of hydrogen-bond donors (Lipinski definition) is 0. The van der Waals surface area contributed by atoms with Crippen molar-refractivity contribution in [2.24, 2.45) is 0 Å². The Labute approximate surface area is 126 Å². The molecule has 3 rings (SSSR count). The molecular weight excluding hydrogens is 316 g/mol. The minimum absolute atomic E-state index is 0.986. The average Bonchev–Trinajstić information content (AvgIpc) is 2.46. The molecule has 3 aromatic rings.